The predicted molar refractivity (Wildman–Crippen MR) is 113 cm³/mol. The van der Waals surface area contributed by atoms with Crippen LogP contribution in [0.15, 0.2) is 48.5 Å². The Balaban J connectivity index is 1.41. The fourth-order valence-electron chi connectivity index (χ4n) is 4.68. The number of hydrogen-bond donors (Lipinski definition) is 1. The van der Waals surface area contributed by atoms with E-state index < -0.39 is 0 Å². The smallest absolute Gasteiger partial charge is 0.255 e. The number of fused-ring (bicyclic) bond motifs is 1. The second kappa shape index (κ2) is 8.68. The molecule has 152 valence electrons. The molecular formula is C24H28N2O3. The number of amides is 2. The summed E-state index contributed by atoms with van der Waals surface area (Å²) < 4.78 is 5.12. The zero-order valence-electron chi connectivity index (χ0n) is 16.9. The Morgan fingerprint density at radius 1 is 0.897 bits per heavy atom. The van der Waals surface area contributed by atoms with Crippen molar-refractivity contribution < 1.29 is 14.3 Å². The molecule has 1 aliphatic heterocycles. The Morgan fingerprint density at radius 2 is 1.55 bits per heavy atom. The van der Waals surface area contributed by atoms with Crippen molar-refractivity contribution in [3.63, 3.8) is 0 Å². The minimum Gasteiger partial charge on any atom is -0.497 e. The van der Waals surface area contributed by atoms with Gasteiger partial charge in [0.05, 0.1) is 7.11 Å². The van der Waals surface area contributed by atoms with E-state index >= 15 is 0 Å². The molecule has 1 saturated heterocycles. The third-order valence-corrected chi connectivity index (χ3v) is 6.25. The van der Waals surface area contributed by atoms with E-state index in [-0.39, 0.29) is 11.8 Å². The van der Waals surface area contributed by atoms with E-state index in [9.17, 15) is 9.59 Å². The van der Waals surface area contributed by atoms with Crippen LogP contribution in [0.3, 0.4) is 0 Å². The van der Waals surface area contributed by atoms with Gasteiger partial charge in [0.2, 0.25) is 0 Å². The maximum atomic E-state index is 13.1. The van der Waals surface area contributed by atoms with E-state index in [2.05, 4.69) is 10.2 Å². The lowest BCUT2D eigenvalue weighted by Gasteiger charge is -2.44. The maximum absolute atomic E-state index is 13.1. The second-order valence-corrected chi connectivity index (χ2v) is 8.01. The summed E-state index contributed by atoms with van der Waals surface area (Å²) in [6.45, 7) is 0.857. The number of piperidine rings is 1. The lowest BCUT2D eigenvalue weighted by Crippen LogP contribution is -2.49. The average Bonchev–Trinajstić information content (AvgIpc) is 2.78. The molecule has 2 aromatic carbocycles. The molecule has 2 atom stereocenters. The molecule has 2 amide bonds. The maximum Gasteiger partial charge on any atom is 0.255 e. The van der Waals surface area contributed by atoms with Gasteiger partial charge in [-0.15, -0.1) is 0 Å². The predicted octanol–water partition coefficient (Wildman–Crippen LogP) is 4.74. The number of nitrogens with zero attached hydrogens (tertiary/aromatic N) is 1. The van der Waals surface area contributed by atoms with Crippen LogP contribution in [0.1, 0.15) is 59.2 Å². The number of carbonyl (C=O) groups excluding carboxylic acids is 2. The van der Waals surface area contributed by atoms with E-state index in [4.69, 9.17) is 4.74 Å². The van der Waals surface area contributed by atoms with Crippen LogP contribution in [0.2, 0.25) is 0 Å². The minimum atomic E-state index is -0.187. The van der Waals surface area contributed by atoms with Gasteiger partial charge in [0.15, 0.2) is 0 Å². The van der Waals surface area contributed by atoms with Crippen LogP contribution in [-0.2, 0) is 0 Å². The monoisotopic (exact) mass is 392 g/mol. The molecule has 1 N–H and O–H groups in total. The summed E-state index contributed by atoms with van der Waals surface area (Å²) in [7, 11) is 1.59. The van der Waals surface area contributed by atoms with Gasteiger partial charge in [-0.05, 0) is 80.1 Å². The SMILES string of the molecule is COc1ccc(C(=O)Nc2ccc(C(=O)N3CCC[C@H]4CCCC[C@@H]43)cc2)cc1. The van der Waals surface area contributed by atoms with Crippen LogP contribution in [0.5, 0.6) is 5.75 Å². The molecule has 4 rings (SSSR count). The van der Waals surface area contributed by atoms with E-state index in [1.165, 1.54) is 25.7 Å². The Kier molecular flexibility index (Phi) is 5.84. The summed E-state index contributed by atoms with van der Waals surface area (Å²) in [5, 5.41) is 2.88. The third kappa shape index (κ3) is 4.29. The number of ether oxygens (including phenoxy) is 1. The Morgan fingerprint density at radius 3 is 2.28 bits per heavy atom. The normalized spacial score (nSPS) is 21.2. The molecule has 2 aromatic rings. The van der Waals surface area contributed by atoms with Gasteiger partial charge in [-0.25, -0.2) is 0 Å². The van der Waals surface area contributed by atoms with Gasteiger partial charge in [0.25, 0.3) is 11.8 Å². The van der Waals surface area contributed by atoms with E-state index in [1.807, 2.05) is 12.1 Å². The molecule has 2 fully saturated rings. The fraction of sp³-hybridized carbons (Fsp3) is 0.417. The standard InChI is InChI=1S/C24H28N2O3/c1-29-21-14-10-18(11-15-21)23(27)25-20-12-8-19(9-13-20)24(28)26-16-4-6-17-5-2-3-7-22(17)26/h8-15,17,22H,2-7,16H2,1H3,(H,25,27)/t17-,22+/m1/s1. The molecule has 5 nitrogen and oxygen atoms in total. The zero-order valence-corrected chi connectivity index (χ0v) is 16.9. The molecular weight excluding hydrogens is 364 g/mol. The lowest BCUT2D eigenvalue weighted by atomic mass is 9.78. The number of nitrogens with one attached hydrogen (secondary N) is 1. The highest BCUT2D eigenvalue weighted by Crippen LogP contribution is 2.36. The summed E-state index contributed by atoms with van der Waals surface area (Å²) in [6.07, 6.45) is 7.26. The fourth-order valence-corrected chi connectivity index (χ4v) is 4.68. The van der Waals surface area contributed by atoms with E-state index in [0.717, 1.165) is 19.4 Å². The number of methoxy groups -OCH3 is 1. The van der Waals surface area contributed by atoms with Crippen molar-refractivity contribution in [1.82, 2.24) is 4.90 Å². The van der Waals surface area contributed by atoms with Crippen molar-refractivity contribution >= 4 is 17.5 Å². The van der Waals surface area contributed by atoms with Crippen LogP contribution < -0.4 is 10.1 Å². The van der Waals surface area contributed by atoms with Crippen LogP contribution in [0.25, 0.3) is 0 Å². The first kappa shape index (κ1) is 19.5. The molecule has 1 aliphatic carbocycles. The number of carbonyl (C=O) groups is 2. The van der Waals surface area contributed by atoms with Gasteiger partial charge in [0, 0.05) is 29.4 Å². The minimum absolute atomic E-state index is 0.120. The Labute approximate surface area is 172 Å². The highest BCUT2D eigenvalue weighted by atomic mass is 16.5. The number of rotatable bonds is 4. The van der Waals surface area contributed by atoms with E-state index in [0.29, 0.717) is 34.5 Å². The van der Waals surface area contributed by atoms with Gasteiger partial charge >= 0.3 is 0 Å². The molecule has 0 bridgehead atoms. The van der Waals surface area contributed by atoms with E-state index in [1.54, 1.807) is 43.5 Å². The van der Waals surface area contributed by atoms with Crippen LogP contribution in [-0.4, -0.2) is 36.4 Å². The summed E-state index contributed by atoms with van der Waals surface area (Å²) in [5.41, 5.74) is 1.93. The number of likely N-dealkylation sites (tertiary alicyclic amines) is 1. The van der Waals surface area contributed by atoms with Crippen molar-refractivity contribution in [3.05, 3.63) is 59.7 Å². The van der Waals surface area contributed by atoms with Crippen molar-refractivity contribution in [2.75, 3.05) is 19.0 Å². The van der Waals surface area contributed by atoms with Crippen molar-refractivity contribution in [2.45, 2.75) is 44.6 Å². The van der Waals surface area contributed by atoms with Gasteiger partial charge in [-0.1, -0.05) is 12.8 Å². The average molecular weight is 392 g/mol. The topological polar surface area (TPSA) is 58.6 Å². The molecule has 5 heteroatoms. The van der Waals surface area contributed by atoms with Crippen molar-refractivity contribution in [3.8, 4) is 5.75 Å². The molecule has 0 radical (unpaired) electrons. The first-order valence-corrected chi connectivity index (χ1v) is 10.5. The summed E-state index contributed by atoms with van der Waals surface area (Å²) in [4.78, 5) is 27.6. The highest BCUT2D eigenvalue weighted by molar-refractivity contribution is 6.04. The molecule has 0 aromatic heterocycles. The molecule has 0 unspecified atom stereocenters. The quantitative estimate of drug-likeness (QED) is 0.817. The molecule has 1 heterocycles. The summed E-state index contributed by atoms with van der Waals surface area (Å²) >= 11 is 0. The molecule has 29 heavy (non-hydrogen) atoms. The van der Waals surface area contributed by atoms with Gasteiger partial charge in [0.1, 0.15) is 5.75 Å². The summed E-state index contributed by atoms with van der Waals surface area (Å²) in [6, 6.07) is 14.6. The first-order chi connectivity index (χ1) is 14.2. The van der Waals surface area contributed by atoms with Crippen LogP contribution in [0, 0.1) is 5.92 Å². The number of hydrogen-bond acceptors (Lipinski definition) is 3. The van der Waals surface area contributed by atoms with Gasteiger partial charge in [-0.2, -0.15) is 0 Å². The van der Waals surface area contributed by atoms with Crippen molar-refractivity contribution in [2.24, 2.45) is 5.92 Å². The van der Waals surface area contributed by atoms with Crippen molar-refractivity contribution in [1.29, 1.82) is 0 Å². The van der Waals surface area contributed by atoms with Gasteiger partial charge < -0.3 is 15.0 Å². The largest absolute Gasteiger partial charge is 0.497 e. The second-order valence-electron chi connectivity index (χ2n) is 8.01. The Bertz CT molecular complexity index is 859. The van der Waals surface area contributed by atoms with Gasteiger partial charge in [-0.3, -0.25) is 9.59 Å². The molecule has 2 aliphatic rings. The highest BCUT2D eigenvalue weighted by Gasteiger charge is 2.35. The summed E-state index contributed by atoms with van der Waals surface area (Å²) in [5.74, 6) is 1.31. The molecule has 0 spiro atoms. The number of anilines is 1. The first-order valence-electron chi connectivity index (χ1n) is 10.5. The Hall–Kier alpha value is -2.82. The third-order valence-electron chi connectivity index (χ3n) is 6.25. The van der Waals surface area contributed by atoms with Crippen LogP contribution in [0.4, 0.5) is 5.69 Å². The van der Waals surface area contributed by atoms with Crippen LogP contribution >= 0.6 is 0 Å². The lowest BCUT2D eigenvalue weighted by molar-refractivity contribution is 0.0390. The molecule has 1 saturated carbocycles. The number of benzene rings is 2. The zero-order chi connectivity index (χ0) is 20.2.